The average molecular weight is 344 g/mol. The van der Waals surface area contributed by atoms with Crippen LogP contribution in [0.25, 0.3) is 0 Å². The van der Waals surface area contributed by atoms with Crippen molar-refractivity contribution < 1.29 is 15.3 Å². The predicted octanol–water partition coefficient (Wildman–Crippen LogP) is 4.88. The van der Waals surface area contributed by atoms with E-state index in [1.54, 1.807) is 35.6 Å². The Balaban J connectivity index is 2.02. The molecule has 24 heavy (non-hydrogen) atoms. The van der Waals surface area contributed by atoms with Crippen molar-refractivity contribution in [1.82, 2.24) is 0 Å². The summed E-state index contributed by atoms with van der Waals surface area (Å²) in [5, 5.41) is 31.9. The van der Waals surface area contributed by atoms with E-state index in [0.717, 1.165) is 23.3 Å². The summed E-state index contributed by atoms with van der Waals surface area (Å²) in [5.74, 6) is 0.150. The summed E-state index contributed by atoms with van der Waals surface area (Å²) >= 11 is 1.55. The van der Waals surface area contributed by atoms with Gasteiger partial charge in [0.2, 0.25) is 0 Å². The van der Waals surface area contributed by atoms with Crippen LogP contribution < -0.4 is 0 Å². The molecule has 2 rings (SSSR count). The van der Waals surface area contributed by atoms with Crippen molar-refractivity contribution >= 4 is 11.3 Å². The Morgan fingerprint density at radius 1 is 1.21 bits per heavy atom. The first-order valence-corrected chi connectivity index (χ1v) is 9.09. The molecule has 4 heteroatoms. The smallest absolute Gasteiger partial charge is 0.115 e. The van der Waals surface area contributed by atoms with Gasteiger partial charge in [0, 0.05) is 17.7 Å². The lowest BCUT2D eigenvalue weighted by molar-refractivity contribution is 0.180. The van der Waals surface area contributed by atoms with Crippen LogP contribution in [0, 0.1) is 0 Å². The Kier molecular flexibility index (Phi) is 7.29. The predicted molar refractivity (Wildman–Crippen MR) is 98.1 cm³/mol. The number of aromatic hydroxyl groups is 1. The van der Waals surface area contributed by atoms with Crippen molar-refractivity contribution in [2.24, 2.45) is 0 Å². The molecule has 0 fully saturated rings. The number of thiophene rings is 1. The van der Waals surface area contributed by atoms with Gasteiger partial charge in [-0.2, -0.15) is 0 Å². The number of rotatable bonds is 8. The van der Waals surface area contributed by atoms with Crippen LogP contribution in [-0.2, 0) is 0 Å². The summed E-state index contributed by atoms with van der Waals surface area (Å²) in [6, 6.07) is 10.5. The van der Waals surface area contributed by atoms with E-state index in [9.17, 15) is 15.3 Å². The Morgan fingerprint density at radius 3 is 2.71 bits per heavy atom. The number of hydrogen-bond donors (Lipinski definition) is 3. The second-order valence-corrected chi connectivity index (χ2v) is 6.76. The molecule has 0 spiro atoms. The lowest BCUT2D eigenvalue weighted by Crippen LogP contribution is -1.97. The number of phenolic OH excluding ortho intramolecular Hbond substituents is 1. The number of phenols is 1. The van der Waals surface area contributed by atoms with E-state index in [1.807, 2.05) is 23.6 Å². The maximum Gasteiger partial charge on any atom is 0.115 e. The summed E-state index contributed by atoms with van der Waals surface area (Å²) in [6.07, 6.45) is 3.50. The van der Waals surface area contributed by atoms with Crippen LogP contribution in [0.15, 0.2) is 59.2 Å². The van der Waals surface area contributed by atoms with Crippen molar-refractivity contribution in [2.45, 2.75) is 44.8 Å². The zero-order valence-corrected chi connectivity index (χ0v) is 14.7. The molecular formula is C20H24O3S. The summed E-state index contributed by atoms with van der Waals surface area (Å²) in [6.45, 7) is 2.10. The van der Waals surface area contributed by atoms with Gasteiger partial charge in [-0.15, -0.1) is 17.1 Å². The highest BCUT2D eigenvalue weighted by Crippen LogP contribution is 2.26. The number of hydrogen-bond acceptors (Lipinski definition) is 4. The quantitative estimate of drug-likeness (QED) is 0.598. The fraction of sp³-hybridized carbons (Fsp3) is 0.350. The third kappa shape index (κ3) is 5.66. The highest BCUT2D eigenvalue weighted by molar-refractivity contribution is 7.10. The molecule has 128 valence electrons. The largest absolute Gasteiger partial charge is 0.508 e. The van der Waals surface area contributed by atoms with Gasteiger partial charge >= 0.3 is 0 Å². The second-order valence-electron chi connectivity index (χ2n) is 5.78. The third-order valence-electron chi connectivity index (χ3n) is 3.77. The molecule has 0 saturated carbocycles. The molecule has 0 aliphatic rings. The van der Waals surface area contributed by atoms with E-state index >= 15 is 0 Å². The molecule has 3 nitrogen and oxygen atoms in total. The monoisotopic (exact) mass is 344 g/mol. The van der Waals surface area contributed by atoms with E-state index in [0.29, 0.717) is 18.4 Å². The Bertz CT molecular complexity index is 685. The molecule has 1 heterocycles. The van der Waals surface area contributed by atoms with Crippen molar-refractivity contribution in [1.29, 1.82) is 0 Å². The van der Waals surface area contributed by atoms with Gasteiger partial charge in [0.1, 0.15) is 5.75 Å². The van der Waals surface area contributed by atoms with Crippen LogP contribution in [0.4, 0.5) is 0 Å². The third-order valence-corrected chi connectivity index (χ3v) is 4.74. The molecule has 1 aromatic heterocycles. The fourth-order valence-electron chi connectivity index (χ4n) is 2.53. The topological polar surface area (TPSA) is 60.7 Å². The molecular weight excluding hydrogens is 320 g/mol. The second kappa shape index (κ2) is 9.45. The van der Waals surface area contributed by atoms with Gasteiger partial charge in [-0.05, 0) is 47.2 Å². The normalized spacial score (nSPS) is 13.1. The molecule has 3 N–H and O–H groups in total. The summed E-state index contributed by atoms with van der Waals surface area (Å²) in [7, 11) is 0. The lowest BCUT2D eigenvalue weighted by atomic mass is 10.0. The maximum atomic E-state index is 10.3. The Hall–Kier alpha value is -1.84. The van der Waals surface area contributed by atoms with Crippen molar-refractivity contribution in [3.8, 4) is 5.75 Å². The first-order chi connectivity index (χ1) is 11.6. The molecule has 0 amide bonds. The van der Waals surface area contributed by atoms with E-state index in [4.69, 9.17) is 0 Å². The van der Waals surface area contributed by atoms with Crippen molar-refractivity contribution in [3.05, 3.63) is 69.6 Å². The van der Waals surface area contributed by atoms with Gasteiger partial charge in [0.15, 0.2) is 0 Å². The summed E-state index contributed by atoms with van der Waals surface area (Å²) in [4.78, 5) is 0.963. The van der Waals surface area contributed by atoms with E-state index in [-0.39, 0.29) is 5.75 Å². The van der Waals surface area contributed by atoms with Crippen LogP contribution in [0.1, 0.15) is 55.3 Å². The van der Waals surface area contributed by atoms with Gasteiger partial charge in [0.05, 0.1) is 12.2 Å². The fourth-order valence-corrected chi connectivity index (χ4v) is 3.24. The van der Waals surface area contributed by atoms with E-state index < -0.39 is 12.2 Å². The first kappa shape index (κ1) is 18.5. The van der Waals surface area contributed by atoms with Gasteiger partial charge in [-0.25, -0.2) is 0 Å². The Morgan fingerprint density at radius 2 is 2.04 bits per heavy atom. The van der Waals surface area contributed by atoms with Crippen LogP contribution in [0.5, 0.6) is 5.75 Å². The van der Waals surface area contributed by atoms with Gasteiger partial charge < -0.3 is 15.3 Å². The average Bonchev–Trinajstić information content (AvgIpc) is 3.09. The van der Waals surface area contributed by atoms with Gasteiger partial charge in [-0.3, -0.25) is 0 Å². The number of aliphatic hydroxyl groups is 2. The van der Waals surface area contributed by atoms with Gasteiger partial charge in [-0.1, -0.05) is 31.5 Å². The first-order valence-electron chi connectivity index (χ1n) is 8.21. The minimum Gasteiger partial charge on any atom is -0.508 e. The van der Waals surface area contributed by atoms with Crippen molar-refractivity contribution in [2.75, 3.05) is 0 Å². The minimum absolute atomic E-state index is 0.150. The highest BCUT2D eigenvalue weighted by atomic mass is 32.1. The standard InChI is InChI=1S/C20H24O3S/c1-2-6-15(13-19(23)20-11-5-12-24-20)7-3-10-18(22)16-8-4-9-17(21)14-16/h3-5,8-9,11-12,14,18-19,21-23H,2,6,10,13H2,1H3/t7?,18-,19-/m1/s1. The van der Waals surface area contributed by atoms with Gasteiger partial charge in [0.25, 0.3) is 0 Å². The van der Waals surface area contributed by atoms with Crippen LogP contribution >= 0.6 is 11.3 Å². The zero-order valence-electron chi connectivity index (χ0n) is 13.9. The Labute approximate surface area is 147 Å². The molecule has 0 unspecified atom stereocenters. The molecule has 0 bridgehead atoms. The van der Waals surface area contributed by atoms with E-state index in [2.05, 4.69) is 12.7 Å². The number of benzene rings is 1. The molecule has 0 radical (unpaired) electrons. The van der Waals surface area contributed by atoms with Crippen LogP contribution in [0.2, 0.25) is 0 Å². The molecule has 2 aromatic rings. The molecule has 2 atom stereocenters. The molecule has 0 aliphatic heterocycles. The molecule has 1 aromatic carbocycles. The van der Waals surface area contributed by atoms with Crippen LogP contribution in [-0.4, -0.2) is 15.3 Å². The van der Waals surface area contributed by atoms with Crippen LogP contribution in [0.3, 0.4) is 0 Å². The van der Waals surface area contributed by atoms with E-state index in [1.165, 1.54) is 0 Å². The zero-order chi connectivity index (χ0) is 17.4. The molecule has 0 saturated heterocycles. The summed E-state index contributed by atoms with van der Waals surface area (Å²) in [5.41, 5.74) is 4.98. The highest BCUT2D eigenvalue weighted by Gasteiger charge is 2.11. The minimum atomic E-state index is -0.672. The molecule has 0 aliphatic carbocycles. The van der Waals surface area contributed by atoms with Crippen molar-refractivity contribution in [3.63, 3.8) is 0 Å². The summed E-state index contributed by atoms with van der Waals surface area (Å²) < 4.78 is 0. The SMILES string of the molecule is CCCC(=C=CC[C@@H](O)c1cccc(O)c1)C[C@@H](O)c1cccs1. The lowest BCUT2D eigenvalue weighted by Gasteiger charge is -2.10. The number of aliphatic hydroxyl groups excluding tert-OH is 2. The maximum absolute atomic E-state index is 10.3.